The highest BCUT2D eigenvalue weighted by Gasteiger charge is 2.24. The molecule has 0 spiro atoms. The lowest BCUT2D eigenvalue weighted by Gasteiger charge is -2.17. The smallest absolute Gasteiger partial charge is 0.272 e. The number of hydrogen-bond acceptors (Lipinski definition) is 7. The van der Waals surface area contributed by atoms with Crippen molar-refractivity contribution in [2.24, 2.45) is 0 Å². The van der Waals surface area contributed by atoms with Crippen LogP contribution in [0.25, 0.3) is 17.3 Å². The first-order valence-corrected chi connectivity index (χ1v) is 18.9. The van der Waals surface area contributed by atoms with Gasteiger partial charge in [0, 0.05) is 42.7 Å². The molecule has 266 valence electrons. The number of aromatic nitrogens is 1. The summed E-state index contributed by atoms with van der Waals surface area (Å²) in [5.74, 6) is -0.503. The molecule has 53 heavy (non-hydrogen) atoms. The maximum absolute atomic E-state index is 13.8. The first-order chi connectivity index (χ1) is 25.8. The average Bonchev–Trinajstić information content (AvgIpc) is 3.64. The van der Waals surface area contributed by atoms with E-state index in [1.165, 1.54) is 29.2 Å². The number of nitrogens with one attached hydrogen (secondary N) is 3. The molecule has 1 atom stereocenters. The average molecular weight is 780 g/mol. The number of halogens is 2. The van der Waals surface area contributed by atoms with E-state index in [4.69, 9.17) is 27.9 Å². The lowest BCUT2D eigenvalue weighted by atomic mass is 10.1. The van der Waals surface area contributed by atoms with Crippen molar-refractivity contribution in [1.29, 1.82) is 0 Å². The van der Waals surface area contributed by atoms with Crippen LogP contribution in [0.4, 0.5) is 10.8 Å². The van der Waals surface area contributed by atoms with Crippen LogP contribution in [-0.2, 0) is 9.59 Å². The van der Waals surface area contributed by atoms with E-state index < -0.39 is 17.1 Å². The monoisotopic (exact) mass is 778 g/mol. The Morgan fingerprint density at radius 1 is 0.811 bits per heavy atom. The fourth-order valence-corrected chi connectivity index (χ4v) is 7.36. The van der Waals surface area contributed by atoms with Gasteiger partial charge in [-0.3, -0.25) is 14.4 Å². The number of hydrogen-bond donors (Lipinski definition) is 3. The Morgan fingerprint density at radius 2 is 1.47 bits per heavy atom. The van der Waals surface area contributed by atoms with Crippen molar-refractivity contribution in [3.8, 4) is 17.0 Å². The molecule has 0 saturated carbocycles. The number of thiazole rings is 1. The molecule has 5 aromatic carbocycles. The van der Waals surface area contributed by atoms with E-state index in [0.717, 1.165) is 27.5 Å². The van der Waals surface area contributed by atoms with E-state index in [1.54, 1.807) is 60.7 Å². The number of carbonyl (C=O) groups excluding carboxylic acids is 3. The van der Waals surface area contributed by atoms with Crippen LogP contribution in [0.15, 0.2) is 143 Å². The van der Waals surface area contributed by atoms with Crippen molar-refractivity contribution in [3.63, 3.8) is 0 Å². The van der Waals surface area contributed by atoms with Crippen LogP contribution >= 0.6 is 46.3 Å². The molecule has 0 fully saturated rings. The normalized spacial score (nSPS) is 11.7. The molecule has 0 aliphatic heterocycles. The molecular weight excluding hydrogens is 748 g/mol. The predicted molar refractivity (Wildman–Crippen MR) is 216 cm³/mol. The summed E-state index contributed by atoms with van der Waals surface area (Å²) in [7, 11) is 0. The summed E-state index contributed by atoms with van der Waals surface area (Å²) in [6.07, 6.45) is 1.44. The van der Waals surface area contributed by atoms with Gasteiger partial charge in [-0.25, -0.2) is 4.98 Å². The number of anilines is 2. The summed E-state index contributed by atoms with van der Waals surface area (Å²) >= 11 is 15.5. The Balaban J connectivity index is 1.17. The molecule has 0 saturated heterocycles. The second-order valence-electron chi connectivity index (χ2n) is 11.4. The van der Waals surface area contributed by atoms with Gasteiger partial charge < -0.3 is 20.7 Å². The summed E-state index contributed by atoms with van der Waals surface area (Å²) in [5, 5.41) is 11.0. The maximum Gasteiger partial charge on any atom is 0.272 e. The standard InChI is InChI=1S/C41H32Cl2N4O4S2/c1-2-51-30-20-16-26(17-21-30)36-25-52-41(46-36)47-40(50)37(27-10-5-3-6-11-27)53-31-22-18-29(19-23-31)44-39(49)35(24-32-33(42)14-9-15-34(32)43)45-38(48)28-12-7-4-8-13-28/h3-25,37H,2H2,1H3,(H,44,49)(H,45,48)(H,46,47,50)/b35-24-. The predicted octanol–water partition coefficient (Wildman–Crippen LogP) is 10.4. The van der Waals surface area contributed by atoms with E-state index in [-0.39, 0.29) is 11.6 Å². The largest absolute Gasteiger partial charge is 0.494 e. The van der Waals surface area contributed by atoms with Crippen LogP contribution in [0.2, 0.25) is 10.0 Å². The fourth-order valence-electron chi connectivity index (χ4n) is 5.11. The van der Waals surface area contributed by atoms with Crippen LogP contribution < -0.4 is 20.7 Å². The van der Waals surface area contributed by atoms with Crippen LogP contribution in [0.3, 0.4) is 0 Å². The van der Waals surface area contributed by atoms with Gasteiger partial charge in [0.1, 0.15) is 16.7 Å². The highest BCUT2D eigenvalue weighted by molar-refractivity contribution is 8.00. The van der Waals surface area contributed by atoms with Crippen molar-refractivity contribution in [3.05, 3.63) is 165 Å². The summed E-state index contributed by atoms with van der Waals surface area (Å²) in [6, 6.07) is 37.7. The third kappa shape index (κ3) is 9.94. The molecule has 1 aromatic heterocycles. The molecule has 0 aliphatic rings. The van der Waals surface area contributed by atoms with Gasteiger partial charge in [-0.15, -0.1) is 23.1 Å². The van der Waals surface area contributed by atoms with Crippen LogP contribution in [0.5, 0.6) is 5.75 Å². The number of benzene rings is 5. The highest BCUT2D eigenvalue weighted by Crippen LogP contribution is 2.37. The minimum atomic E-state index is -0.599. The number of thioether (sulfide) groups is 1. The van der Waals surface area contributed by atoms with Crippen molar-refractivity contribution >= 4 is 80.9 Å². The topological polar surface area (TPSA) is 109 Å². The van der Waals surface area contributed by atoms with Gasteiger partial charge in [0.05, 0.1) is 12.3 Å². The summed E-state index contributed by atoms with van der Waals surface area (Å²) in [5.41, 5.74) is 3.66. The molecule has 0 aliphatic carbocycles. The van der Waals surface area contributed by atoms with Crippen LogP contribution in [0, 0.1) is 0 Å². The molecule has 1 heterocycles. The molecule has 12 heteroatoms. The molecule has 6 rings (SSSR count). The second-order valence-corrected chi connectivity index (χ2v) is 14.2. The molecule has 3 amide bonds. The number of ether oxygens (including phenoxy) is 1. The van der Waals surface area contributed by atoms with Gasteiger partial charge >= 0.3 is 0 Å². The Hall–Kier alpha value is -5.39. The van der Waals surface area contributed by atoms with Crippen molar-refractivity contribution in [2.45, 2.75) is 17.1 Å². The van der Waals surface area contributed by atoms with Crippen LogP contribution in [0.1, 0.15) is 33.7 Å². The Labute approximate surface area is 325 Å². The third-order valence-corrected chi connectivity index (χ3v) is 10.4. The number of amides is 3. The molecule has 3 N–H and O–H groups in total. The van der Waals surface area contributed by atoms with E-state index in [2.05, 4.69) is 20.9 Å². The Bertz CT molecular complexity index is 2210. The maximum atomic E-state index is 13.8. The number of nitrogens with zero attached hydrogens (tertiary/aromatic N) is 1. The minimum absolute atomic E-state index is 0.0546. The van der Waals surface area contributed by atoms with Crippen molar-refractivity contribution in [1.82, 2.24) is 10.3 Å². The third-order valence-electron chi connectivity index (χ3n) is 7.72. The van der Waals surface area contributed by atoms with Gasteiger partial charge in [-0.05, 0) is 91.4 Å². The SMILES string of the molecule is CCOc1ccc(-c2csc(NC(=O)C(Sc3ccc(NC(=O)/C(=C/c4c(Cl)cccc4Cl)NC(=O)c4ccccc4)cc3)c3ccccc3)n2)cc1. The van der Waals surface area contributed by atoms with E-state index in [1.807, 2.05) is 79.0 Å². The van der Waals surface area contributed by atoms with Crippen LogP contribution in [-0.4, -0.2) is 29.3 Å². The lowest BCUT2D eigenvalue weighted by molar-refractivity contribution is -0.116. The molecule has 6 aromatic rings. The first kappa shape index (κ1) is 37.4. The van der Waals surface area contributed by atoms with Gasteiger partial charge in [0.25, 0.3) is 11.8 Å². The second kappa shape index (κ2) is 17.9. The number of carbonyl (C=O) groups is 3. The lowest BCUT2D eigenvalue weighted by Crippen LogP contribution is -2.30. The Kier molecular flexibility index (Phi) is 12.6. The van der Waals surface area contributed by atoms with E-state index >= 15 is 0 Å². The van der Waals surface area contributed by atoms with E-state index in [0.29, 0.717) is 38.6 Å². The molecule has 0 bridgehead atoms. The fraction of sp³-hybridized carbons (Fsp3) is 0.0732. The molecule has 0 radical (unpaired) electrons. The van der Waals surface area contributed by atoms with Gasteiger partial charge in [-0.1, -0.05) is 77.8 Å². The quantitative estimate of drug-likeness (QED) is 0.0796. The molecule has 8 nitrogen and oxygen atoms in total. The van der Waals surface area contributed by atoms with Crippen molar-refractivity contribution < 1.29 is 19.1 Å². The highest BCUT2D eigenvalue weighted by atomic mass is 35.5. The molecular formula is C41H32Cl2N4O4S2. The zero-order chi connectivity index (χ0) is 37.2. The van der Waals surface area contributed by atoms with Crippen molar-refractivity contribution in [2.75, 3.05) is 17.2 Å². The summed E-state index contributed by atoms with van der Waals surface area (Å²) in [6.45, 7) is 2.52. The molecule has 1 unspecified atom stereocenters. The zero-order valence-electron chi connectivity index (χ0n) is 28.2. The van der Waals surface area contributed by atoms with E-state index in [9.17, 15) is 14.4 Å². The minimum Gasteiger partial charge on any atom is -0.494 e. The van der Waals surface area contributed by atoms with Gasteiger partial charge in [0.15, 0.2) is 5.13 Å². The first-order valence-electron chi connectivity index (χ1n) is 16.4. The number of rotatable bonds is 13. The van der Waals surface area contributed by atoms with Gasteiger partial charge in [-0.2, -0.15) is 0 Å². The summed E-state index contributed by atoms with van der Waals surface area (Å²) < 4.78 is 5.54. The zero-order valence-corrected chi connectivity index (χ0v) is 31.4. The Morgan fingerprint density at radius 3 is 2.13 bits per heavy atom. The summed E-state index contributed by atoms with van der Waals surface area (Å²) in [4.78, 5) is 45.9. The van der Waals surface area contributed by atoms with Gasteiger partial charge in [0.2, 0.25) is 5.91 Å².